The highest BCUT2D eigenvalue weighted by Crippen LogP contribution is 2.51. The maximum Gasteiger partial charge on any atom is 0.311 e. The number of rotatable bonds is 94. The zero-order valence-electron chi connectivity index (χ0n) is 92.0. The van der Waals surface area contributed by atoms with Crippen LogP contribution in [0.1, 0.15) is 519 Å². The third-order valence-corrected chi connectivity index (χ3v) is 28.8. The maximum absolute atomic E-state index is 14.6. The number of carbonyl (C=O) groups excluding carboxylic acids is 1. The predicted molar refractivity (Wildman–Crippen MR) is 604 cm³/mol. The molecule has 0 saturated heterocycles. The van der Waals surface area contributed by atoms with Gasteiger partial charge in [-0.05, 0) is 214 Å². The average molecular weight is 1950 g/mol. The second kappa shape index (κ2) is 77.1. The molecule has 0 aliphatic rings. The minimum atomic E-state index is -0.230. The molecule has 8 aromatic carbocycles. The molecule has 0 atom stereocenters. The first-order valence-corrected chi connectivity index (χ1v) is 59.9. The van der Waals surface area contributed by atoms with Gasteiger partial charge in [-0.15, -0.1) is 0 Å². The summed E-state index contributed by atoms with van der Waals surface area (Å²) in [5, 5.41) is 12.8. The fourth-order valence-electron chi connectivity index (χ4n) is 20.0. The Morgan fingerprint density at radius 3 is 0.362 bits per heavy atom. The Morgan fingerprint density at radius 2 is 0.234 bits per heavy atom. The van der Waals surface area contributed by atoms with Crippen molar-refractivity contribution in [3.8, 4) is 69.0 Å². The minimum Gasteiger partial charge on any atom is -0.490 e. The van der Waals surface area contributed by atoms with Crippen molar-refractivity contribution in [2.24, 2.45) is 0 Å². The summed E-state index contributed by atoms with van der Waals surface area (Å²) in [6, 6.07) is 26.9. The fourth-order valence-corrected chi connectivity index (χ4v) is 20.0. The van der Waals surface area contributed by atoms with Gasteiger partial charge in [-0.25, -0.2) is 0 Å². The first-order chi connectivity index (χ1) is 69.7. The number of carbonyl (C=O) groups is 1. The number of fused-ring (bicyclic) bond motifs is 12. The van der Waals surface area contributed by atoms with Gasteiger partial charge in [0.05, 0.1) is 72.7 Å². The molecule has 13 heteroatoms. The van der Waals surface area contributed by atoms with Gasteiger partial charge in [-0.1, -0.05) is 435 Å². The van der Waals surface area contributed by atoms with Crippen molar-refractivity contribution in [1.82, 2.24) is 0 Å². The van der Waals surface area contributed by atoms with Crippen LogP contribution in [0.25, 0.3) is 64.6 Å². The molecule has 13 nitrogen and oxygen atoms in total. The lowest BCUT2D eigenvalue weighted by molar-refractivity contribution is -0.134. The van der Waals surface area contributed by atoms with E-state index in [1.54, 1.807) is 0 Å². The standard InChI is InChI=1S/C128H204O13/c1-11-21-31-41-57-69-81-130-116-92-104-105-93-117(131-82-70-58-42-32-22-12-2)119(133-84-72-60-44-34-24-14-4)95-107(105)109-97-121(120(134-85-73-61-45-35-25-15-5)96-108(109)106(104)94-118(116)132-83-71-59-43-33-23-13-3)139-90-79-67-55-53-51-52-54-56-68-80-128(129)141-127-103-115-113-101-125(138-89-77-65-49-39-29-19-9)123(136-87-75-63-47-37-27-17-7)99-111(113)110-98-122(135-86-74-62-46-36-26-16-6)124(137-88-76-64-48-38-28-18-8)100-112(110)114(115)102-126(127)140-91-78-66-50-40-30-20-10/h92-103H,11-91H2,1-10H3. The minimum absolute atomic E-state index is 0.230. The molecule has 0 aliphatic carbocycles. The summed E-state index contributed by atoms with van der Waals surface area (Å²) in [5.74, 6) is 8.71. The summed E-state index contributed by atoms with van der Waals surface area (Å²) < 4.78 is 83.0. The Balaban J connectivity index is 1.04. The van der Waals surface area contributed by atoms with E-state index in [9.17, 15) is 4.79 Å². The Morgan fingerprint density at radius 1 is 0.135 bits per heavy atom. The summed E-state index contributed by atoms with van der Waals surface area (Å²) in [7, 11) is 0. The molecule has 794 valence electrons. The highest BCUT2D eigenvalue weighted by Gasteiger charge is 2.26. The highest BCUT2D eigenvalue weighted by atomic mass is 16.6. The molecule has 0 fully saturated rings. The van der Waals surface area contributed by atoms with Crippen LogP contribution in [0.5, 0.6) is 69.0 Å². The number of ether oxygens (including phenoxy) is 12. The fraction of sp³-hybridized carbons (Fsp3) is 0.711. The molecule has 0 aliphatic heterocycles. The van der Waals surface area contributed by atoms with E-state index in [2.05, 4.69) is 142 Å². The van der Waals surface area contributed by atoms with Crippen molar-refractivity contribution in [3.05, 3.63) is 72.8 Å². The molecule has 0 radical (unpaired) electrons. The topological polar surface area (TPSA) is 128 Å². The highest BCUT2D eigenvalue weighted by molar-refractivity contribution is 6.28. The molecule has 0 saturated carbocycles. The molecule has 8 rings (SSSR count). The van der Waals surface area contributed by atoms with E-state index in [4.69, 9.17) is 56.8 Å². The van der Waals surface area contributed by atoms with Gasteiger partial charge >= 0.3 is 5.97 Å². The molecule has 0 spiro atoms. The zero-order valence-corrected chi connectivity index (χ0v) is 92.0. The zero-order chi connectivity index (χ0) is 99.7. The Hall–Kier alpha value is -7.41. The summed E-state index contributed by atoms with van der Waals surface area (Å²) >= 11 is 0. The molecule has 0 aromatic heterocycles. The number of unbranched alkanes of at least 4 members (excludes halogenated alkanes) is 58. The number of benzene rings is 8. The molecule has 0 N–H and O–H groups in total. The van der Waals surface area contributed by atoms with Crippen LogP contribution in [-0.4, -0.2) is 78.6 Å². The van der Waals surface area contributed by atoms with Gasteiger partial charge in [0.15, 0.2) is 69.0 Å². The molecular weight excluding hydrogens is 1750 g/mol. The van der Waals surface area contributed by atoms with Crippen LogP contribution < -0.4 is 56.8 Å². The molecular formula is C128H204O13. The van der Waals surface area contributed by atoms with Gasteiger partial charge in [0.2, 0.25) is 0 Å². The largest absolute Gasteiger partial charge is 0.490 e. The lowest BCUT2D eigenvalue weighted by Gasteiger charge is -2.21. The molecule has 0 unspecified atom stereocenters. The van der Waals surface area contributed by atoms with Crippen LogP contribution in [0.2, 0.25) is 0 Å². The number of esters is 1. The molecule has 0 amide bonds. The van der Waals surface area contributed by atoms with Crippen LogP contribution in [0.15, 0.2) is 72.8 Å². The van der Waals surface area contributed by atoms with Gasteiger partial charge in [0.1, 0.15) is 0 Å². The first kappa shape index (κ1) is 119. The van der Waals surface area contributed by atoms with E-state index in [1.165, 1.54) is 257 Å². The average Bonchev–Trinajstić information content (AvgIpc) is 0.729. The van der Waals surface area contributed by atoms with Crippen molar-refractivity contribution in [1.29, 1.82) is 0 Å². The Labute approximate surface area is 860 Å². The summed E-state index contributed by atoms with van der Waals surface area (Å²) in [6.45, 7) is 29.6. The van der Waals surface area contributed by atoms with Crippen molar-refractivity contribution < 1.29 is 61.6 Å². The molecule has 0 bridgehead atoms. The third-order valence-electron chi connectivity index (χ3n) is 28.8. The smallest absolute Gasteiger partial charge is 0.311 e. The van der Waals surface area contributed by atoms with Crippen molar-refractivity contribution >= 4 is 70.6 Å². The van der Waals surface area contributed by atoms with Gasteiger partial charge < -0.3 is 56.8 Å². The van der Waals surface area contributed by atoms with Crippen LogP contribution >= 0.6 is 0 Å². The Bertz CT molecular complexity index is 4460. The van der Waals surface area contributed by atoms with E-state index in [0.29, 0.717) is 90.6 Å². The van der Waals surface area contributed by atoms with Crippen molar-refractivity contribution in [2.75, 3.05) is 72.7 Å². The monoisotopic (exact) mass is 1950 g/mol. The van der Waals surface area contributed by atoms with E-state index < -0.39 is 0 Å². The van der Waals surface area contributed by atoms with E-state index in [0.717, 1.165) is 308 Å². The molecule has 8 aromatic rings. The van der Waals surface area contributed by atoms with E-state index >= 15 is 0 Å². The summed E-state index contributed by atoms with van der Waals surface area (Å²) in [6.07, 6.45) is 80.6. The quantitative estimate of drug-likeness (QED) is 0.0155. The molecule has 141 heavy (non-hydrogen) atoms. The van der Waals surface area contributed by atoms with Crippen molar-refractivity contribution in [3.63, 3.8) is 0 Å². The number of hydrogen-bond donors (Lipinski definition) is 0. The normalized spacial score (nSPS) is 11.7. The lowest BCUT2D eigenvalue weighted by atomic mass is 9.93. The van der Waals surface area contributed by atoms with Crippen LogP contribution in [-0.2, 0) is 4.79 Å². The summed E-state index contributed by atoms with van der Waals surface area (Å²) in [4.78, 5) is 14.6. The number of hydrogen-bond acceptors (Lipinski definition) is 13. The Kier molecular flexibility index (Phi) is 65.0. The first-order valence-electron chi connectivity index (χ1n) is 59.9. The van der Waals surface area contributed by atoms with E-state index in [-0.39, 0.29) is 5.97 Å². The van der Waals surface area contributed by atoms with Crippen LogP contribution in [0.4, 0.5) is 0 Å². The van der Waals surface area contributed by atoms with Gasteiger partial charge in [0.25, 0.3) is 0 Å². The second-order valence-corrected chi connectivity index (χ2v) is 41.5. The van der Waals surface area contributed by atoms with Gasteiger partial charge in [-0.3, -0.25) is 4.79 Å². The molecule has 0 heterocycles. The van der Waals surface area contributed by atoms with E-state index in [1.807, 2.05) is 0 Å². The van der Waals surface area contributed by atoms with Gasteiger partial charge in [-0.2, -0.15) is 0 Å². The lowest BCUT2D eigenvalue weighted by Crippen LogP contribution is -2.09. The third kappa shape index (κ3) is 46.1. The second-order valence-electron chi connectivity index (χ2n) is 41.5. The maximum atomic E-state index is 14.6. The summed E-state index contributed by atoms with van der Waals surface area (Å²) in [5.41, 5.74) is 0. The van der Waals surface area contributed by atoms with Gasteiger partial charge in [0, 0.05) is 6.42 Å². The van der Waals surface area contributed by atoms with Crippen LogP contribution in [0, 0.1) is 0 Å². The SMILES string of the molecule is CCCCCCCCOc1cc2c3cc(OCCCCCCCC)c(OCCCCCCCC)cc3c3cc(OCCCCCCCCCCCC(=O)Oc4cc5c6cc(OCCCCCCCC)c(OCCCCCCCC)cc6c6cc(OCCCCCCCC)c(OCCCCCCCC)cc6c5cc4OCCCCCCCC)c(OCCCCCCCC)cc3c2cc1OCCCCCCCC. The van der Waals surface area contributed by atoms with Crippen molar-refractivity contribution in [2.45, 2.75) is 519 Å². The van der Waals surface area contributed by atoms with Crippen LogP contribution in [0.3, 0.4) is 0 Å². The predicted octanol–water partition coefficient (Wildman–Crippen LogP) is 40.9.